The third kappa shape index (κ3) is 2.89. The maximum atomic E-state index is 12.1. The molecule has 0 aromatic carbocycles. The molecule has 0 aliphatic heterocycles. The van der Waals surface area contributed by atoms with Gasteiger partial charge in [0.1, 0.15) is 10.7 Å². The highest BCUT2D eigenvalue weighted by molar-refractivity contribution is 7.16. The number of nitrogens with zero attached hydrogens (tertiary/aromatic N) is 2. The molecule has 0 bridgehead atoms. The molecule has 0 radical (unpaired) electrons. The van der Waals surface area contributed by atoms with Gasteiger partial charge in [-0.15, -0.1) is 22.7 Å². The van der Waals surface area contributed by atoms with Crippen LogP contribution in [-0.4, -0.2) is 15.9 Å². The summed E-state index contributed by atoms with van der Waals surface area (Å²) in [6.45, 7) is 0.365. The Hall–Kier alpha value is -1.31. The minimum absolute atomic E-state index is 0.204. The topological polar surface area (TPSA) is 80.9 Å². The number of rotatable bonds is 3. The zero-order valence-electron chi connectivity index (χ0n) is 11.0. The Kier molecular flexibility index (Phi) is 4.09. The smallest absolute Gasteiger partial charge is 0.276 e. The van der Waals surface area contributed by atoms with Crippen molar-refractivity contribution in [2.75, 3.05) is 5.32 Å². The molecule has 5 nitrogen and oxygen atoms in total. The van der Waals surface area contributed by atoms with Crippen LogP contribution in [0.1, 0.15) is 45.3 Å². The monoisotopic (exact) mass is 308 g/mol. The first-order chi connectivity index (χ1) is 9.76. The van der Waals surface area contributed by atoms with Crippen LogP contribution in [0.3, 0.4) is 0 Å². The summed E-state index contributed by atoms with van der Waals surface area (Å²) in [6.07, 6.45) is 5.78. The van der Waals surface area contributed by atoms with Gasteiger partial charge in [-0.05, 0) is 25.7 Å². The molecule has 3 N–H and O–H groups in total. The van der Waals surface area contributed by atoms with Crippen molar-refractivity contribution in [2.24, 2.45) is 5.73 Å². The summed E-state index contributed by atoms with van der Waals surface area (Å²) in [5.74, 6) is -0.204. The lowest BCUT2D eigenvalue weighted by atomic mass is 10.2. The first-order valence-electron chi connectivity index (χ1n) is 6.70. The molecule has 2 heterocycles. The van der Waals surface area contributed by atoms with Crippen LogP contribution >= 0.6 is 22.7 Å². The SMILES string of the molecule is NCc1nc(C(=O)Nc2nc3c(s2)CCCCC3)cs1. The standard InChI is InChI=1S/C13H16N4OS2/c14-6-11-15-9(7-19-11)12(18)17-13-16-8-4-2-1-3-5-10(8)20-13/h7H,1-6,14H2,(H,16,17,18). The van der Waals surface area contributed by atoms with E-state index < -0.39 is 0 Å². The van der Waals surface area contributed by atoms with E-state index in [1.807, 2.05) is 0 Å². The van der Waals surface area contributed by atoms with Gasteiger partial charge in [0.05, 0.1) is 5.69 Å². The number of carbonyl (C=O) groups excluding carboxylic acids is 1. The highest BCUT2D eigenvalue weighted by Crippen LogP contribution is 2.29. The maximum absolute atomic E-state index is 12.1. The molecule has 1 aliphatic carbocycles. The number of fused-ring (bicyclic) bond motifs is 1. The van der Waals surface area contributed by atoms with Gasteiger partial charge in [0.2, 0.25) is 0 Å². The number of hydrogen-bond acceptors (Lipinski definition) is 6. The van der Waals surface area contributed by atoms with Crippen LogP contribution in [0.5, 0.6) is 0 Å². The van der Waals surface area contributed by atoms with E-state index in [9.17, 15) is 4.79 Å². The number of thiazole rings is 2. The van der Waals surface area contributed by atoms with Crippen molar-refractivity contribution in [3.63, 3.8) is 0 Å². The van der Waals surface area contributed by atoms with Gasteiger partial charge in [0.15, 0.2) is 5.13 Å². The van der Waals surface area contributed by atoms with Crippen molar-refractivity contribution in [3.8, 4) is 0 Å². The Morgan fingerprint density at radius 2 is 2.15 bits per heavy atom. The molecular formula is C13H16N4OS2. The van der Waals surface area contributed by atoms with Crippen LogP contribution < -0.4 is 11.1 Å². The second kappa shape index (κ2) is 5.99. The molecule has 106 valence electrons. The fourth-order valence-electron chi connectivity index (χ4n) is 2.25. The van der Waals surface area contributed by atoms with E-state index in [4.69, 9.17) is 5.73 Å². The second-order valence-electron chi connectivity index (χ2n) is 4.73. The number of aryl methyl sites for hydroxylation is 2. The molecule has 2 aromatic heterocycles. The number of nitrogens with two attached hydrogens (primary N) is 1. The highest BCUT2D eigenvalue weighted by Gasteiger charge is 2.17. The predicted molar refractivity (Wildman–Crippen MR) is 81.3 cm³/mol. The minimum Gasteiger partial charge on any atom is -0.325 e. The van der Waals surface area contributed by atoms with Gasteiger partial charge < -0.3 is 5.73 Å². The van der Waals surface area contributed by atoms with Crippen molar-refractivity contribution in [2.45, 2.75) is 38.6 Å². The van der Waals surface area contributed by atoms with Gasteiger partial charge in [0, 0.05) is 16.8 Å². The first-order valence-corrected chi connectivity index (χ1v) is 8.40. The van der Waals surface area contributed by atoms with Gasteiger partial charge >= 0.3 is 0 Å². The van der Waals surface area contributed by atoms with Crippen molar-refractivity contribution in [3.05, 3.63) is 26.7 Å². The Labute approximate surface area is 125 Å². The predicted octanol–water partition coefficient (Wildman–Crippen LogP) is 2.58. The molecule has 0 spiro atoms. The highest BCUT2D eigenvalue weighted by atomic mass is 32.1. The van der Waals surface area contributed by atoms with Crippen LogP contribution in [0.4, 0.5) is 5.13 Å². The summed E-state index contributed by atoms with van der Waals surface area (Å²) in [5, 5.41) is 6.03. The summed E-state index contributed by atoms with van der Waals surface area (Å²) in [5.41, 5.74) is 7.08. The van der Waals surface area contributed by atoms with Crippen molar-refractivity contribution < 1.29 is 4.79 Å². The molecule has 20 heavy (non-hydrogen) atoms. The molecule has 2 aromatic rings. The van der Waals surface area contributed by atoms with Gasteiger partial charge in [-0.1, -0.05) is 6.42 Å². The number of nitrogens with one attached hydrogen (secondary N) is 1. The van der Waals surface area contributed by atoms with Gasteiger partial charge in [-0.3, -0.25) is 10.1 Å². The Bertz CT molecular complexity index is 596. The van der Waals surface area contributed by atoms with E-state index in [0.717, 1.165) is 23.5 Å². The second-order valence-corrected chi connectivity index (χ2v) is 6.76. The fraction of sp³-hybridized carbons (Fsp3) is 0.462. The van der Waals surface area contributed by atoms with Crippen LogP contribution in [0, 0.1) is 0 Å². The van der Waals surface area contributed by atoms with Gasteiger partial charge in [-0.25, -0.2) is 9.97 Å². The third-order valence-electron chi connectivity index (χ3n) is 3.28. The fourth-order valence-corrected chi connectivity index (χ4v) is 3.95. The quantitative estimate of drug-likeness (QED) is 0.854. The lowest BCUT2D eigenvalue weighted by Crippen LogP contribution is -2.12. The molecule has 3 rings (SSSR count). The zero-order chi connectivity index (χ0) is 13.9. The number of amides is 1. The van der Waals surface area contributed by atoms with Crippen molar-refractivity contribution >= 4 is 33.7 Å². The molecule has 0 atom stereocenters. The zero-order valence-corrected chi connectivity index (χ0v) is 12.6. The molecule has 1 amide bonds. The van der Waals surface area contributed by atoms with E-state index in [2.05, 4.69) is 15.3 Å². The van der Waals surface area contributed by atoms with Crippen LogP contribution in [0.15, 0.2) is 5.38 Å². The van der Waals surface area contributed by atoms with E-state index in [-0.39, 0.29) is 5.91 Å². The van der Waals surface area contributed by atoms with Crippen LogP contribution in [-0.2, 0) is 19.4 Å². The summed E-state index contributed by atoms with van der Waals surface area (Å²) >= 11 is 3.00. The van der Waals surface area contributed by atoms with Crippen molar-refractivity contribution in [1.82, 2.24) is 9.97 Å². The molecular weight excluding hydrogens is 292 g/mol. The Balaban J connectivity index is 1.72. The molecule has 0 saturated carbocycles. The van der Waals surface area contributed by atoms with E-state index in [1.54, 1.807) is 16.7 Å². The minimum atomic E-state index is -0.204. The normalized spacial score (nSPS) is 14.7. The van der Waals surface area contributed by atoms with Gasteiger partial charge in [-0.2, -0.15) is 0 Å². The average Bonchev–Trinajstić information content (AvgIpc) is 3.01. The Morgan fingerprint density at radius 3 is 2.95 bits per heavy atom. The summed E-state index contributed by atoms with van der Waals surface area (Å²) in [7, 11) is 0. The molecule has 7 heteroatoms. The molecule has 0 saturated heterocycles. The summed E-state index contributed by atoms with van der Waals surface area (Å²) in [6, 6.07) is 0. The average molecular weight is 308 g/mol. The van der Waals surface area contributed by atoms with E-state index in [0.29, 0.717) is 17.4 Å². The molecule has 0 unspecified atom stereocenters. The van der Waals surface area contributed by atoms with E-state index >= 15 is 0 Å². The largest absolute Gasteiger partial charge is 0.325 e. The number of carbonyl (C=O) groups is 1. The number of hydrogen-bond donors (Lipinski definition) is 2. The lowest BCUT2D eigenvalue weighted by molar-refractivity contribution is 0.102. The summed E-state index contributed by atoms with van der Waals surface area (Å²) < 4.78 is 0. The third-order valence-corrected chi connectivity index (χ3v) is 5.22. The Morgan fingerprint density at radius 1 is 1.30 bits per heavy atom. The molecule has 1 aliphatic rings. The van der Waals surface area contributed by atoms with Crippen LogP contribution in [0.2, 0.25) is 0 Å². The number of anilines is 1. The lowest BCUT2D eigenvalue weighted by Gasteiger charge is -1.98. The first kappa shape index (κ1) is 13.7. The van der Waals surface area contributed by atoms with Crippen LogP contribution in [0.25, 0.3) is 0 Å². The van der Waals surface area contributed by atoms with Crippen molar-refractivity contribution in [1.29, 1.82) is 0 Å². The molecule has 0 fully saturated rings. The number of aromatic nitrogens is 2. The van der Waals surface area contributed by atoms with E-state index in [1.165, 1.54) is 35.5 Å². The van der Waals surface area contributed by atoms with Gasteiger partial charge in [0.25, 0.3) is 5.91 Å². The maximum Gasteiger partial charge on any atom is 0.276 e. The summed E-state index contributed by atoms with van der Waals surface area (Å²) in [4.78, 5) is 22.1.